The minimum Gasteiger partial charge on any atom is -0.459 e. The number of hydrogen-bond acceptors (Lipinski definition) is 4. The van der Waals surface area contributed by atoms with Gasteiger partial charge >= 0.3 is 5.97 Å². The van der Waals surface area contributed by atoms with Gasteiger partial charge in [-0.3, -0.25) is 0 Å². The number of carbonyl (C=O) groups excluding carboxylic acids is 1. The molecule has 1 unspecified atom stereocenters. The first-order chi connectivity index (χ1) is 8.70. The maximum absolute atomic E-state index is 11.9. The third kappa shape index (κ3) is 3.33. The zero-order valence-corrected chi connectivity index (χ0v) is 11.8. The van der Waals surface area contributed by atoms with E-state index in [0.29, 0.717) is 11.5 Å². The van der Waals surface area contributed by atoms with Crippen molar-refractivity contribution in [3.63, 3.8) is 0 Å². The Labute approximate surface area is 112 Å². The van der Waals surface area contributed by atoms with Gasteiger partial charge in [-0.2, -0.15) is 0 Å². The topological polar surface area (TPSA) is 35.5 Å². The smallest absolute Gasteiger partial charge is 0.348 e. The van der Waals surface area contributed by atoms with E-state index < -0.39 is 0 Å². The highest BCUT2D eigenvalue weighted by Crippen LogP contribution is 2.23. The van der Waals surface area contributed by atoms with E-state index in [0.717, 1.165) is 25.9 Å². The molecule has 3 nitrogen and oxygen atoms in total. The van der Waals surface area contributed by atoms with Gasteiger partial charge in [-0.15, -0.1) is 11.3 Å². The van der Waals surface area contributed by atoms with Crippen LogP contribution in [-0.2, 0) is 15.9 Å². The molecule has 1 aromatic heterocycles. The second-order valence-electron chi connectivity index (χ2n) is 4.66. The van der Waals surface area contributed by atoms with Crippen LogP contribution >= 0.6 is 11.3 Å². The molecule has 1 aromatic rings. The molecule has 0 aromatic carbocycles. The third-order valence-electron chi connectivity index (χ3n) is 3.22. The van der Waals surface area contributed by atoms with Gasteiger partial charge < -0.3 is 9.47 Å². The monoisotopic (exact) mass is 268 g/mol. The van der Waals surface area contributed by atoms with Crippen LogP contribution in [0.1, 0.15) is 46.3 Å². The molecule has 0 spiro atoms. The average molecular weight is 268 g/mol. The molecule has 1 aliphatic heterocycles. The van der Waals surface area contributed by atoms with Gasteiger partial charge in [-0.25, -0.2) is 4.79 Å². The molecule has 1 saturated heterocycles. The predicted molar refractivity (Wildman–Crippen MR) is 72.3 cm³/mol. The zero-order valence-electron chi connectivity index (χ0n) is 11.0. The van der Waals surface area contributed by atoms with Gasteiger partial charge in [0.25, 0.3) is 0 Å². The number of carbonyl (C=O) groups is 1. The Balaban J connectivity index is 1.86. The number of thiophene rings is 1. The van der Waals surface area contributed by atoms with Gasteiger partial charge in [-0.05, 0) is 44.2 Å². The summed E-state index contributed by atoms with van der Waals surface area (Å²) < 4.78 is 10.9. The van der Waals surface area contributed by atoms with E-state index in [4.69, 9.17) is 9.47 Å². The van der Waals surface area contributed by atoms with Gasteiger partial charge in [0, 0.05) is 11.5 Å². The summed E-state index contributed by atoms with van der Waals surface area (Å²) in [4.78, 5) is 13.9. The number of ether oxygens (including phenoxy) is 2. The van der Waals surface area contributed by atoms with Crippen molar-refractivity contribution >= 4 is 17.3 Å². The molecule has 2 heterocycles. The van der Waals surface area contributed by atoms with Crippen LogP contribution < -0.4 is 0 Å². The molecule has 100 valence electrons. The molecule has 0 amide bonds. The molecule has 0 saturated carbocycles. The Morgan fingerprint density at radius 1 is 1.56 bits per heavy atom. The lowest BCUT2D eigenvalue weighted by Gasteiger charge is -2.21. The number of hydrogen-bond donors (Lipinski definition) is 0. The fraction of sp³-hybridized carbons (Fsp3) is 0.643. The van der Waals surface area contributed by atoms with Gasteiger partial charge in [-0.1, -0.05) is 6.92 Å². The second kappa shape index (κ2) is 6.34. The predicted octanol–water partition coefficient (Wildman–Crippen LogP) is 3.34. The Kier molecular flexibility index (Phi) is 4.78. The molecule has 0 bridgehead atoms. The molecule has 0 radical (unpaired) electrons. The van der Waals surface area contributed by atoms with E-state index in [1.54, 1.807) is 0 Å². The molecule has 4 heteroatoms. The van der Waals surface area contributed by atoms with Crippen LogP contribution in [0.5, 0.6) is 0 Å². The molecule has 1 aliphatic rings. The average Bonchev–Trinajstić information content (AvgIpc) is 2.78. The van der Waals surface area contributed by atoms with Crippen LogP contribution in [0.15, 0.2) is 6.07 Å². The van der Waals surface area contributed by atoms with E-state index in [2.05, 4.69) is 6.92 Å². The first-order valence-corrected chi connectivity index (χ1v) is 7.40. The van der Waals surface area contributed by atoms with Crippen LogP contribution in [0.3, 0.4) is 0 Å². The number of esters is 1. The first-order valence-electron chi connectivity index (χ1n) is 6.58. The molecule has 0 aliphatic carbocycles. The highest BCUT2D eigenvalue weighted by Gasteiger charge is 2.18. The summed E-state index contributed by atoms with van der Waals surface area (Å²) in [6.07, 6.45) is 4.34. The van der Waals surface area contributed by atoms with Crippen molar-refractivity contribution in [2.24, 2.45) is 0 Å². The van der Waals surface area contributed by atoms with E-state index in [1.165, 1.54) is 28.2 Å². The van der Waals surface area contributed by atoms with Crippen molar-refractivity contribution in [2.45, 2.75) is 45.6 Å². The van der Waals surface area contributed by atoms with Crippen LogP contribution in [0.25, 0.3) is 0 Å². The lowest BCUT2D eigenvalue weighted by molar-refractivity contribution is -0.0298. The standard InChI is InChI=1S/C14H20O3S/c1-3-12-10(2)8-13(18-12)14(15)17-9-11-6-4-5-7-16-11/h8,11H,3-7,9H2,1-2H3. The fourth-order valence-electron chi connectivity index (χ4n) is 2.15. The summed E-state index contributed by atoms with van der Waals surface area (Å²) in [5.41, 5.74) is 1.18. The normalized spacial score (nSPS) is 19.8. The molecule has 0 N–H and O–H groups in total. The van der Waals surface area contributed by atoms with Crippen LogP contribution in [0.2, 0.25) is 0 Å². The van der Waals surface area contributed by atoms with Crippen molar-refractivity contribution in [3.05, 3.63) is 21.4 Å². The van der Waals surface area contributed by atoms with E-state index in [9.17, 15) is 4.79 Å². The zero-order chi connectivity index (χ0) is 13.0. The minimum absolute atomic E-state index is 0.0920. The van der Waals surface area contributed by atoms with Crippen molar-refractivity contribution in [1.29, 1.82) is 0 Å². The molecule has 2 rings (SSSR count). The lowest BCUT2D eigenvalue weighted by Crippen LogP contribution is -2.25. The summed E-state index contributed by atoms with van der Waals surface area (Å²) >= 11 is 1.54. The van der Waals surface area contributed by atoms with E-state index in [1.807, 2.05) is 13.0 Å². The fourth-order valence-corrected chi connectivity index (χ4v) is 3.16. The summed E-state index contributed by atoms with van der Waals surface area (Å²) in [5.74, 6) is -0.211. The SMILES string of the molecule is CCc1sc(C(=O)OCC2CCCCO2)cc1C. The summed E-state index contributed by atoms with van der Waals surface area (Å²) in [7, 11) is 0. The van der Waals surface area contributed by atoms with Gasteiger partial charge in [0.05, 0.1) is 6.10 Å². The second-order valence-corrected chi connectivity index (χ2v) is 5.79. The maximum atomic E-state index is 11.9. The minimum atomic E-state index is -0.211. The maximum Gasteiger partial charge on any atom is 0.348 e. The Bertz CT molecular complexity index is 405. The molecule has 18 heavy (non-hydrogen) atoms. The Morgan fingerprint density at radius 2 is 2.39 bits per heavy atom. The highest BCUT2D eigenvalue weighted by molar-refractivity contribution is 7.14. The molecular formula is C14H20O3S. The quantitative estimate of drug-likeness (QED) is 0.786. The van der Waals surface area contributed by atoms with Crippen molar-refractivity contribution in [2.75, 3.05) is 13.2 Å². The first kappa shape index (κ1) is 13.6. The van der Waals surface area contributed by atoms with Crippen LogP contribution in [0.4, 0.5) is 0 Å². The number of rotatable bonds is 4. The third-order valence-corrected chi connectivity index (χ3v) is 4.58. The van der Waals surface area contributed by atoms with E-state index in [-0.39, 0.29) is 12.1 Å². The van der Waals surface area contributed by atoms with Crippen LogP contribution in [-0.4, -0.2) is 25.3 Å². The molecule has 1 fully saturated rings. The van der Waals surface area contributed by atoms with Gasteiger partial charge in [0.1, 0.15) is 11.5 Å². The largest absolute Gasteiger partial charge is 0.459 e. The lowest BCUT2D eigenvalue weighted by atomic mass is 10.1. The van der Waals surface area contributed by atoms with Crippen LogP contribution in [0, 0.1) is 6.92 Å². The van der Waals surface area contributed by atoms with Crippen molar-refractivity contribution in [3.8, 4) is 0 Å². The molecule has 1 atom stereocenters. The summed E-state index contributed by atoms with van der Waals surface area (Å²) in [6.45, 7) is 5.32. The van der Waals surface area contributed by atoms with Crippen molar-refractivity contribution < 1.29 is 14.3 Å². The summed E-state index contributed by atoms with van der Waals surface area (Å²) in [5, 5.41) is 0. The highest BCUT2D eigenvalue weighted by atomic mass is 32.1. The van der Waals surface area contributed by atoms with E-state index >= 15 is 0 Å². The van der Waals surface area contributed by atoms with Crippen molar-refractivity contribution in [1.82, 2.24) is 0 Å². The number of aryl methyl sites for hydroxylation is 2. The Morgan fingerprint density at radius 3 is 3.00 bits per heavy atom. The molecular weight excluding hydrogens is 248 g/mol. The summed E-state index contributed by atoms with van der Waals surface area (Å²) in [6, 6.07) is 1.92. The Hall–Kier alpha value is -0.870. The van der Waals surface area contributed by atoms with Gasteiger partial charge in [0.2, 0.25) is 0 Å². The van der Waals surface area contributed by atoms with Gasteiger partial charge in [0.15, 0.2) is 0 Å².